The summed E-state index contributed by atoms with van der Waals surface area (Å²) in [6.45, 7) is 2.37. The molecule has 5 rings (SSSR count). The molecular formula is C18H19N7O2S. The zero-order valence-corrected chi connectivity index (χ0v) is 16.3. The van der Waals surface area contributed by atoms with E-state index in [4.69, 9.17) is 0 Å². The molecule has 0 aliphatic heterocycles. The molecule has 0 saturated heterocycles. The first kappa shape index (κ1) is 17.1. The molecule has 4 aromatic rings. The van der Waals surface area contributed by atoms with Crippen LogP contribution in [0.2, 0.25) is 0 Å². The molecule has 3 aromatic heterocycles. The minimum absolute atomic E-state index is 0.204. The average Bonchev–Trinajstić information content (AvgIpc) is 3.25. The highest BCUT2D eigenvalue weighted by Crippen LogP contribution is 2.41. The minimum atomic E-state index is -3.55. The van der Waals surface area contributed by atoms with E-state index < -0.39 is 9.84 Å². The highest BCUT2D eigenvalue weighted by molar-refractivity contribution is 7.90. The Morgan fingerprint density at radius 1 is 1.25 bits per heavy atom. The zero-order valence-electron chi connectivity index (χ0n) is 15.5. The average molecular weight is 397 g/mol. The Kier molecular flexibility index (Phi) is 3.66. The van der Waals surface area contributed by atoms with E-state index in [1.165, 1.54) is 0 Å². The number of H-pyrrole nitrogens is 1. The van der Waals surface area contributed by atoms with E-state index in [2.05, 4.69) is 30.4 Å². The molecule has 9 nitrogen and oxygen atoms in total. The summed E-state index contributed by atoms with van der Waals surface area (Å²) >= 11 is 0. The van der Waals surface area contributed by atoms with E-state index in [9.17, 15) is 8.42 Å². The maximum absolute atomic E-state index is 12.1. The molecule has 1 fully saturated rings. The molecule has 2 N–H and O–H groups in total. The Bertz CT molecular complexity index is 1320. The van der Waals surface area contributed by atoms with E-state index in [1.807, 2.05) is 25.1 Å². The molecule has 10 heteroatoms. The molecule has 0 unspecified atom stereocenters. The first-order chi connectivity index (χ1) is 13.4. The van der Waals surface area contributed by atoms with Crippen LogP contribution in [-0.4, -0.2) is 44.2 Å². The number of imidazole rings is 1. The first-order valence-corrected chi connectivity index (χ1v) is 10.9. The molecule has 28 heavy (non-hydrogen) atoms. The van der Waals surface area contributed by atoms with Crippen LogP contribution in [0.3, 0.4) is 0 Å². The molecule has 0 spiro atoms. The summed E-state index contributed by atoms with van der Waals surface area (Å²) in [4.78, 5) is 16.3. The topological polar surface area (TPSA) is 118 Å². The van der Waals surface area contributed by atoms with Crippen molar-refractivity contribution in [2.75, 3.05) is 11.6 Å². The first-order valence-electron chi connectivity index (χ1n) is 9.03. The minimum Gasteiger partial charge on any atom is -0.347 e. The fourth-order valence-corrected chi connectivity index (χ4v) is 3.76. The van der Waals surface area contributed by atoms with Crippen LogP contribution in [0.15, 0.2) is 29.6 Å². The van der Waals surface area contributed by atoms with E-state index in [0.29, 0.717) is 24.1 Å². The second-order valence-electron chi connectivity index (χ2n) is 7.27. The molecule has 0 bridgehead atoms. The van der Waals surface area contributed by atoms with E-state index in [1.54, 1.807) is 10.7 Å². The molecule has 0 radical (unpaired) electrons. The zero-order chi connectivity index (χ0) is 19.5. The van der Waals surface area contributed by atoms with Crippen molar-refractivity contribution in [1.82, 2.24) is 29.5 Å². The highest BCUT2D eigenvalue weighted by Gasteiger charge is 2.29. The summed E-state index contributed by atoms with van der Waals surface area (Å²) in [6, 6.07) is 6.02. The van der Waals surface area contributed by atoms with Crippen LogP contribution in [0, 0.1) is 6.92 Å². The van der Waals surface area contributed by atoms with Gasteiger partial charge in [-0.3, -0.25) is 0 Å². The molecule has 0 amide bonds. The molecule has 1 aliphatic rings. The van der Waals surface area contributed by atoms with Gasteiger partial charge in [-0.2, -0.15) is 19.6 Å². The van der Waals surface area contributed by atoms with Crippen LogP contribution in [0.4, 0.5) is 5.95 Å². The van der Waals surface area contributed by atoms with Crippen molar-refractivity contribution in [3.8, 4) is 0 Å². The lowest BCUT2D eigenvalue weighted by atomic mass is 10.2. The Morgan fingerprint density at radius 2 is 2.07 bits per heavy atom. The fourth-order valence-electron chi connectivity index (χ4n) is 3.25. The Morgan fingerprint density at radius 3 is 2.82 bits per heavy atom. The summed E-state index contributed by atoms with van der Waals surface area (Å²) < 4.78 is 25.7. The van der Waals surface area contributed by atoms with Gasteiger partial charge in [0.1, 0.15) is 5.82 Å². The van der Waals surface area contributed by atoms with Crippen LogP contribution >= 0.6 is 0 Å². The largest absolute Gasteiger partial charge is 0.347 e. The third kappa shape index (κ3) is 2.99. The molecular weight excluding hydrogens is 378 g/mol. The van der Waals surface area contributed by atoms with Gasteiger partial charge in [-0.25, -0.2) is 13.4 Å². The standard InChI is InChI=1S/C18H19N7O2S/c1-10-3-6-13-14(7-10)22-15(21-13)9-19-17-24-18(28(2,26)27)23-16-12(11-4-5-11)8-20-25(16)17/h3,6-8,11H,4-5,9H2,1-2H3,(H,21,22)(H,19,23,24). The van der Waals surface area contributed by atoms with Crippen molar-refractivity contribution in [2.45, 2.75) is 37.4 Å². The van der Waals surface area contributed by atoms with E-state index >= 15 is 0 Å². The number of nitrogens with one attached hydrogen (secondary N) is 2. The third-order valence-electron chi connectivity index (χ3n) is 4.83. The van der Waals surface area contributed by atoms with Crippen molar-refractivity contribution in [1.29, 1.82) is 0 Å². The van der Waals surface area contributed by atoms with Crippen LogP contribution in [0.5, 0.6) is 0 Å². The second-order valence-corrected chi connectivity index (χ2v) is 9.18. The maximum Gasteiger partial charge on any atom is 0.252 e. The maximum atomic E-state index is 12.1. The van der Waals surface area contributed by atoms with Gasteiger partial charge in [0.2, 0.25) is 15.8 Å². The SMILES string of the molecule is Cc1ccc2[nH]c(CNc3nc(S(C)(=O)=O)nc4c(C5CC5)cnn34)nc2c1. The van der Waals surface area contributed by atoms with Gasteiger partial charge in [0, 0.05) is 11.8 Å². The molecule has 0 atom stereocenters. The van der Waals surface area contributed by atoms with Gasteiger partial charge in [-0.1, -0.05) is 6.07 Å². The van der Waals surface area contributed by atoms with Crippen molar-refractivity contribution in [3.63, 3.8) is 0 Å². The normalized spacial score (nSPS) is 14.8. The summed E-state index contributed by atoms with van der Waals surface area (Å²) in [5, 5.41) is 7.33. The molecule has 3 heterocycles. The van der Waals surface area contributed by atoms with Crippen molar-refractivity contribution in [3.05, 3.63) is 41.3 Å². The van der Waals surface area contributed by atoms with Gasteiger partial charge in [0.05, 0.1) is 23.8 Å². The van der Waals surface area contributed by atoms with Crippen LogP contribution in [0.25, 0.3) is 16.7 Å². The Balaban J connectivity index is 1.53. The number of sulfone groups is 1. The van der Waals surface area contributed by atoms with Gasteiger partial charge >= 0.3 is 0 Å². The lowest BCUT2D eigenvalue weighted by Gasteiger charge is -2.08. The number of benzene rings is 1. The van der Waals surface area contributed by atoms with Crippen LogP contribution in [-0.2, 0) is 16.4 Å². The number of hydrogen-bond donors (Lipinski definition) is 2. The summed E-state index contributed by atoms with van der Waals surface area (Å²) in [5.74, 6) is 1.45. The van der Waals surface area contributed by atoms with Gasteiger partial charge in [0.15, 0.2) is 5.65 Å². The molecule has 1 saturated carbocycles. The Hall–Kier alpha value is -3.01. The lowest BCUT2D eigenvalue weighted by molar-refractivity contribution is 0.592. The smallest absolute Gasteiger partial charge is 0.252 e. The van der Waals surface area contributed by atoms with Crippen molar-refractivity contribution >= 4 is 32.5 Å². The lowest BCUT2D eigenvalue weighted by Crippen LogP contribution is -2.14. The molecule has 1 aromatic carbocycles. The van der Waals surface area contributed by atoms with Crippen LogP contribution < -0.4 is 5.32 Å². The second kappa shape index (κ2) is 5.99. The van der Waals surface area contributed by atoms with Crippen LogP contribution in [0.1, 0.15) is 35.7 Å². The number of fused-ring (bicyclic) bond motifs is 2. The highest BCUT2D eigenvalue weighted by atomic mass is 32.2. The number of hydrogen-bond acceptors (Lipinski definition) is 7. The quantitative estimate of drug-likeness (QED) is 0.530. The van der Waals surface area contributed by atoms with Crippen molar-refractivity contribution in [2.24, 2.45) is 0 Å². The molecule has 1 aliphatic carbocycles. The summed E-state index contributed by atoms with van der Waals surface area (Å²) in [7, 11) is -3.55. The summed E-state index contributed by atoms with van der Waals surface area (Å²) in [5.41, 5.74) is 4.48. The number of aromatic amines is 1. The number of nitrogens with zero attached hydrogens (tertiary/aromatic N) is 5. The molecule has 144 valence electrons. The predicted octanol–water partition coefficient (Wildman–Crippen LogP) is 2.20. The monoisotopic (exact) mass is 397 g/mol. The van der Waals surface area contributed by atoms with E-state index in [-0.39, 0.29) is 5.16 Å². The van der Waals surface area contributed by atoms with Crippen molar-refractivity contribution < 1.29 is 8.42 Å². The van der Waals surface area contributed by atoms with E-state index in [0.717, 1.165) is 47.1 Å². The number of rotatable bonds is 5. The number of aryl methyl sites for hydroxylation is 1. The van der Waals surface area contributed by atoms with Gasteiger partial charge in [0.25, 0.3) is 5.16 Å². The number of aromatic nitrogens is 6. The van der Waals surface area contributed by atoms with Gasteiger partial charge < -0.3 is 10.3 Å². The third-order valence-corrected chi connectivity index (χ3v) is 5.67. The summed E-state index contributed by atoms with van der Waals surface area (Å²) in [6.07, 6.45) is 5.00. The fraction of sp³-hybridized carbons (Fsp3) is 0.333. The predicted molar refractivity (Wildman–Crippen MR) is 104 cm³/mol. The van der Waals surface area contributed by atoms with Gasteiger partial charge in [-0.05, 0) is 43.4 Å². The number of anilines is 1. The van der Waals surface area contributed by atoms with Gasteiger partial charge in [-0.15, -0.1) is 0 Å². The Labute approximate surface area is 161 Å².